The van der Waals surface area contributed by atoms with E-state index in [1.807, 2.05) is 0 Å². The molecule has 0 bridgehead atoms. The first kappa shape index (κ1) is 19.7. The summed E-state index contributed by atoms with van der Waals surface area (Å²) in [4.78, 5) is 12.7. The van der Waals surface area contributed by atoms with Gasteiger partial charge in [0.2, 0.25) is 0 Å². The second-order valence-electron chi connectivity index (χ2n) is 5.38. The Morgan fingerprint density at radius 2 is 1.33 bits per heavy atom. The summed E-state index contributed by atoms with van der Waals surface area (Å²) in [5, 5.41) is 0. The van der Waals surface area contributed by atoms with E-state index in [-0.39, 0.29) is 5.96 Å². The molecule has 6 N–H and O–H groups in total. The van der Waals surface area contributed by atoms with Crippen LogP contribution in [-0.2, 0) is 0 Å². The average molecular weight is 299 g/mol. The van der Waals surface area contributed by atoms with Crippen LogP contribution in [0, 0.1) is 0 Å². The van der Waals surface area contributed by atoms with Crippen molar-refractivity contribution in [2.45, 2.75) is 25.7 Å². The van der Waals surface area contributed by atoms with Crippen LogP contribution in [-0.4, -0.2) is 75.5 Å². The van der Waals surface area contributed by atoms with Crippen molar-refractivity contribution in [2.24, 2.45) is 27.2 Å². The molecule has 0 saturated heterocycles. The van der Waals surface area contributed by atoms with Crippen molar-refractivity contribution < 1.29 is 0 Å². The number of hydrogen-bond donors (Lipinski definition) is 3. The second-order valence-corrected chi connectivity index (χ2v) is 5.38. The van der Waals surface area contributed by atoms with E-state index in [4.69, 9.17) is 17.2 Å². The second kappa shape index (κ2) is 13.6. The first-order chi connectivity index (χ1) is 10.1. The molecule has 0 amide bonds. The Balaban J connectivity index is 3.41. The molecule has 0 unspecified atom stereocenters. The van der Waals surface area contributed by atoms with Crippen LogP contribution in [0.4, 0.5) is 0 Å². The van der Waals surface area contributed by atoms with Crippen LogP contribution in [0.25, 0.3) is 0 Å². The summed E-state index contributed by atoms with van der Waals surface area (Å²) in [6, 6.07) is 0. The van der Waals surface area contributed by atoms with E-state index < -0.39 is 0 Å². The molecule has 0 saturated carbocycles. The van der Waals surface area contributed by atoms with Gasteiger partial charge in [0, 0.05) is 13.1 Å². The van der Waals surface area contributed by atoms with E-state index in [2.05, 4.69) is 33.9 Å². The van der Waals surface area contributed by atoms with Gasteiger partial charge in [0.05, 0.1) is 6.34 Å². The monoisotopic (exact) mass is 299 g/mol. The summed E-state index contributed by atoms with van der Waals surface area (Å²) in [6.07, 6.45) is 5.87. The summed E-state index contributed by atoms with van der Waals surface area (Å²) in [5.74, 6) is 0.179. The normalized spacial score (nSPS) is 11.6. The fourth-order valence-corrected chi connectivity index (χ4v) is 2.04. The van der Waals surface area contributed by atoms with E-state index in [1.54, 1.807) is 0 Å². The van der Waals surface area contributed by atoms with Gasteiger partial charge in [0.1, 0.15) is 0 Å². The van der Waals surface area contributed by atoms with Crippen molar-refractivity contribution in [2.75, 3.05) is 53.4 Å². The first-order valence-electron chi connectivity index (χ1n) is 7.68. The molecule has 7 nitrogen and oxygen atoms in total. The Labute approximate surface area is 129 Å². The van der Waals surface area contributed by atoms with Gasteiger partial charge >= 0.3 is 0 Å². The maximum absolute atomic E-state index is 5.28. The minimum atomic E-state index is 0.179. The molecule has 0 aromatic heterocycles. The van der Waals surface area contributed by atoms with Gasteiger partial charge in [0.25, 0.3) is 0 Å². The third-order valence-corrected chi connectivity index (χ3v) is 3.25. The Hall–Kier alpha value is -1.34. The highest BCUT2D eigenvalue weighted by molar-refractivity contribution is 5.75. The molecule has 21 heavy (non-hydrogen) atoms. The Morgan fingerprint density at radius 3 is 1.81 bits per heavy atom. The Kier molecular flexibility index (Phi) is 12.8. The van der Waals surface area contributed by atoms with Gasteiger partial charge in [-0.05, 0) is 66.0 Å². The number of hydrogen-bond acceptors (Lipinski definition) is 4. The zero-order valence-corrected chi connectivity index (χ0v) is 13.7. The topological polar surface area (TPSA) is 109 Å². The lowest BCUT2D eigenvalue weighted by Crippen LogP contribution is -2.25. The number of unbranched alkanes of at least 4 members (excludes halogenated alkanes) is 1. The molecule has 0 spiro atoms. The quantitative estimate of drug-likeness (QED) is 0.245. The van der Waals surface area contributed by atoms with Gasteiger partial charge in [-0.2, -0.15) is 0 Å². The number of aliphatic imine (C=N–C) groups is 2. The maximum atomic E-state index is 5.28. The summed E-state index contributed by atoms with van der Waals surface area (Å²) >= 11 is 0. The van der Waals surface area contributed by atoms with Crippen molar-refractivity contribution in [3.8, 4) is 0 Å². The predicted molar refractivity (Wildman–Crippen MR) is 91.7 cm³/mol. The zero-order valence-electron chi connectivity index (χ0n) is 13.7. The van der Waals surface area contributed by atoms with E-state index in [0.29, 0.717) is 6.54 Å². The molecule has 0 radical (unpaired) electrons. The van der Waals surface area contributed by atoms with Gasteiger partial charge in [-0.3, -0.25) is 9.98 Å². The van der Waals surface area contributed by atoms with E-state index in [9.17, 15) is 0 Å². The highest BCUT2D eigenvalue weighted by Gasteiger charge is 2.00. The fraction of sp³-hybridized carbons (Fsp3) is 0.857. The zero-order chi connectivity index (χ0) is 15.9. The molecule has 0 aromatic rings. The lowest BCUT2D eigenvalue weighted by Gasteiger charge is -2.18. The van der Waals surface area contributed by atoms with Crippen molar-refractivity contribution >= 4 is 12.3 Å². The minimum absolute atomic E-state index is 0.179. The van der Waals surface area contributed by atoms with Crippen molar-refractivity contribution in [3.63, 3.8) is 0 Å². The average Bonchev–Trinajstić information content (AvgIpc) is 2.44. The number of nitrogens with two attached hydrogens (primary N) is 3. The molecule has 0 heterocycles. The summed E-state index contributed by atoms with van der Waals surface area (Å²) in [7, 11) is 4.30. The van der Waals surface area contributed by atoms with Gasteiger partial charge in [-0.25, -0.2) is 0 Å². The molecule has 7 heteroatoms. The lowest BCUT2D eigenvalue weighted by atomic mass is 10.2. The summed E-state index contributed by atoms with van der Waals surface area (Å²) in [5.41, 5.74) is 15.8. The van der Waals surface area contributed by atoms with E-state index >= 15 is 0 Å². The van der Waals surface area contributed by atoms with Crippen LogP contribution in [0.1, 0.15) is 25.7 Å². The number of rotatable bonds is 13. The molecule has 0 aromatic carbocycles. The molecule has 0 aliphatic heterocycles. The van der Waals surface area contributed by atoms with Crippen molar-refractivity contribution in [1.82, 2.24) is 9.80 Å². The molecule has 124 valence electrons. The van der Waals surface area contributed by atoms with Gasteiger partial charge in [-0.15, -0.1) is 0 Å². The standard InChI is InChI=1S/C14H33N7/c1-20(11-5-7-18-13-15)9-3-4-10-21(2)12-6-8-19-14(16)17/h13H,3-12H2,1-2H3,(H2,15,18)(H4,16,17,19). The van der Waals surface area contributed by atoms with Crippen LogP contribution in [0.5, 0.6) is 0 Å². The smallest absolute Gasteiger partial charge is 0.185 e. The molecule has 0 rings (SSSR count). The van der Waals surface area contributed by atoms with Crippen LogP contribution in [0.3, 0.4) is 0 Å². The van der Waals surface area contributed by atoms with Crippen LogP contribution < -0.4 is 17.2 Å². The molecular weight excluding hydrogens is 266 g/mol. The number of guanidine groups is 1. The first-order valence-corrected chi connectivity index (χ1v) is 7.68. The molecule has 0 fully saturated rings. The summed E-state index contributed by atoms with van der Waals surface area (Å²) in [6.45, 7) is 5.89. The van der Waals surface area contributed by atoms with Crippen LogP contribution in [0.2, 0.25) is 0 Å². The number of nitrogens with zero attached hydrogens (tertiary/aromatic N) is 4. The third-order valence-electron chi connectivity index (χ3n) is 3.25. The van der Waals surface area contributed by atoms with Crippen molar-refractivity contribution in [3.05, 3.63) is 0 Å². The molecule has 0 aliphatic carbocycles. The van der Waals surface area contributed by atoms with Gasteiger partial charge in [0.15, 0.2) is 5.96 Å². The molecular formula is C14H33N7. The van der Waals surface area contributed by atoms with Gasteiger partial charge in [-0.1, -0.05) is 0 Å². The SMILES string of the molecule is CN(CCCCN(C)CCCN=C(N)N)CCCN=CN. The lowest BCUT2D eigenvalue weighted by molar-refractivity contribution is 0.291. The van der Waals surface area contributed by atoms with E-state index in [0.717, 1.165) is 45.6 Å². The fourth-order valence-electron chi connectivity index (χ4n) is 2.04. The largest absolute Gasteiger partial charge is 0.390 e. The molecule has 0 aliphatic rings. The maximum Gasteiger partial charge on any atom is 0.185 e. The van der Waals surface area contributed by atoms with E-state index in [1.165, 1.54) is 19.2 Å². The van der Waals surface area contributed by atoms with Crippen LogP contribution in [0.15, 0.2) is 9.98 Å². The Bertz CT molecular complexity index is 287. The molecule has 0 atom stereocenters. The minimum Gasteiger partial charge on any atom is -0.390 e. The third kappa shape index (κ3) is 14.9. The van der Waals surface area contributed by atoms with Crippen molar-refractivity contribution in [1.29, 1.82) is 0 Å². The summed E-state index contributed by atoms with van der Waals surface area (Å²) < 4.78 is 0. The predicted octanol–water partition coefficient (Wildman–Crippen LogP) is -0.329. The highest BCUT2D eigenvalue weighted by atomic mass is 15.1. The van der Waals surface area contributed by atoms with Crippen LogP contribution >= 0.6 is 0 Å². The highest BCUT2D eigenvalue weighted by Crippen LogP contribution is 1.98. The van der Waals surface area contributed by atoms with Gasteiger partial charge < -0.3 is 27.0 Å². The Morgan fingerprint density at radius 1 is 0.857 bits per heavy atom.